The Morgan fingerprint density at radius 3 is 2.55 bits per heavy atom. The number of aromatic nitrogens is 2. The van der Waals surface area contributed by atoms with Crippen molar-refractivity contribution in [3.8, 4) is 11.5 Å². The van der Waals surface area contributed by atoms with E-state index in [1.165, 1.54) is 24.3 Å². The van der Waals surface area contributed by atoms with E-state index < -0.39 is 11.7 Å². The number of hydrogen-bond acceptors (Lipinski definition) is 5. The number of halogens is 1. The van der Waals surface area contributed by atoms with Gasteiger partial charge in [0.25, 0.3) is 5.91 Å². The Morgan fingerprint density at radius 2 is 1.83 bits per heavy atom. The van der Waals surface area contributed by atoms with Crippen LogP contribution in [0.2, 0.25) is 0 Å². The summed E-state index contributed by atoms with van der Waals surface area (Å²) in [6.45, 7) is 0.428. The number of fused-ring (bicyclic) bond motifs is 1. The molecule has 4 aromatic rings. The van der Waals surface area contributed by atoms with Gasteiger partial charge in [-0.15, -0.1) is 0 Å². The third-order valence-corrected chi connectivity index (χ3v) is 4.40. The number of nitrogens with zero attached hydrogens (tertiary/aromatic N) is 2. The molecule has 0 aliphatic heterocycles. The average molecular weight is 406 g/mol. The summed E-state index contributed by atoms with van der Waals surface area (Å²) in [5.41, 5.74) is 3.32. The zero-order chi connectivity index (χ0) is 20.2. The first kappa shape index (κ1) is 18.7. The number of nitrogens with one attached hydrogen (secondary N) is 2. The fraction of sp³-hybridized carbons (Fsp3) is 0.0476. The molecule has 2 N–H and O–H groups in total. The summed E-state index contributed by atoms with van der Waals surface area (Å²) >= 11 is 5.15. The van der Waals surface area contributed by atoms with E-state index in [0.29, 0.717) is 29.2 Å². The molecule has 0 saturated carbocycles. The molecule has 6 nitrogen and oxygen atoms in total. The molecule has 0 spiro atoms. The predicted octanol–water partition coefficient (Wildman–Crippen LogP) is 3.83. The molecule has 1 amide bonds. The maximum absolute atomic E-state index is 12.9. The van der Waals surface area contributed by atoms with Crippen molar-refractivity contribution < 1.29 is 13.6 Å². The number of amides is 1. The van der Waals surface area contributed by atoms with Gasteiger partial charge in [-0.05, 0) is 66.3 Å². The van der Waals surface area contributed by atoms with Crippen LogP contribution in [0.1, 0.15) is 15.9 Å². The van der Waals surface area contributed by atoms with Gasteiger partial charge in [-0.25, -0.2) is 9.37 Å². The van der Waals surface area contributed by atoms with E-state index in [-0.39, 0.29) is 5.11 Å². The Kier molecular flexibility index (Phi) is 5.26. The van der Waals surface area contributed by atoms with Gasteiger partial charge in [0.05, 0.1) is 0 Å². The van der Waals surface area contributed by atoms with Gasteiger partial charge in [-0.3, -0.25) is 10.1 Å². The zero-order valence-corrected chi connectivity index (χ0v) is 15.9. The molecule has 0 aliphatic rings. The van der Waals surface area contributed by atoms with Crippen molar-refractivity contribution >= 4 is 34.5 Å². The minimum Gasteiger partial charge on any atom is -0.434 e. The van der Waals surface area contributed by atoms with Crippen LogP contribution in [0.25, 0.3) is 22.7 Å². The lowest BCUT2D eigenvalue weighted by molar-refractivity contribution is 0.0976. The van der Waals surface area contributed by atoms with Gasteiger partial charge in [-0.2, -0.15) is 4.98 Å². The Labute approximate surface area is 170 Å². The minimum absolute atomic E-state index is 0.188. The molecule has 0 atom stereocenters. The summed E-state index contributed by atoms with van der Waals surface area (Å²) in [6.07, 6.45) is 1.67. The van der Waals surface area contributed by atoms with E-state index in [1.807, 2.05) is 30.3 Å². The monoisotopic (exact) mass is 406 g/mol. The summed E-state index contributed by atoms with van der Waals surface area (Å²) in [4.78, 5) is 20.6. The summed E-state index contributed by atoms with van der Waals surface area (Å²) in [6, 6.07) is 16.5. The summed E-state index contributed by atoms with van der Waals surface area (Å²) < 4.78 is 18.6. The van der Waals surface area contributed by atoms with Crippen molar-refractivity contribution in [1.29, 1.82) is 0 Å². The molecule has 2 aromatic carbocycles. The highest BCUT2D eigenvalue weighted by Crippen LogP contribution is 2.23. The van der Waals surface area contributed by atoms with Crippen molar-refractivity contribution in [2.45, 2.75) is 6.54 Å². The van der Waals surface area contributed by atoms with Crippen LogP contribution >= 0.6 is 12.2 Å². The Hall–Kier alpha value is -3.65. The molecule has 0 fully saturated rings. The maximum atomic E-state index is 12.9. The second-order valence-corrected chi connectivity index (χ2v) is 6.59. The Bertz CT molecular complexity index is 1140. The molecule has 144 valence electrons. The van der Waals surface area contributed by atoms with Gasteiger partial charge in [0.2, 0.25) is 5.89 Å². The molecule has 0 radical (unpaired) electrons. The lowest BCUT2D eigenvalue weighted by Crippen LogP contribution is -2.38. The average Bonchev–Trinajstić information content (AvgIpc) is 3.17. The Balaban J connectivity index is 1.34. The molecule has 4 rings (SSSR count). The molecule has 0 bridgehead atoms. The van der Waals surface area contributed by atoms with E-state index in [1.54, 1.807) is 12.3 Å². The number of hydrogen-bond donors (Lipinski definition) is 2. The SMILES string of the molecule is O=C(NC(=S)NCc1ccc(-c2nc3ncccc3o2)cc1)c1ccc(F)cc1. The fourth-order valence-electron chi connectivity index (χ4n) is 2.66. The van der Waals surface area contributed by atoms with Crippen molar-refractivity contribution in [3.05, 3.63) is 83.8 Å². The van der Waals surface area contributed by atoms with Gasteiger partial charge >= 0.3 is 0 Å². The first-order valence-electron chi connectivity index (χ1n) is 8.74. The zero-order valence-electron chi connectivity index (χ0n) is 15.1. The molecule has 0 unspecified atom stereocenters. The highest BCUT2D eigenvalue weighted by atomic mass is 32.1. The maximum Gasteiger partial charge on any atom is 0.257 e. The van der Waals surface area contributed by atoms with Crippen LogP contribution in [0.15, 0.2) is 71.3 Å². The lowest BCUT2D eigenvalue weighted by Gasteiger charge is -2.10. The molecular weight excluding hydrogens is 391 g/mol. The summed E-state index contributed by atoms with van der Waals surface area (Å²) in [7, 11) is 0. The van der Waals surface area contributed by atoms with Crippen LogP contribution in [-0.2, 0) is 6.54 Å². The van der Waals surface area contributed by atoms with Crippen molar-refractivity contribution in [2.75, 3.05) is 0 Å². The molecule has 0 saturated heterocycles. The van der Waals surface area contributed by atoms with E-state index in [9.17, 15) is 9.18 Å². The molecule has 29 heavy (non-hydrogen) atoms. The number of rotatable bonds is 4. The van der Waals surface area contributed by atoms with Crippen LogP contribution in [0.3, 0.4) is 0 Å². The number of pyridine rings is 1. The normalized spacial score (nSPS) is 10.7. The number of thiocarbonyl (C=S) groups is 1. The van der Waals surface area contributed by atoms with Gasteiger partial charge in [-0.1, -0.05) is 12.1 Å². The second kappa shape index (κ2) is 8.15. The van der Waals surface area contributed by atoms with Crippen LogP contribution in [0, 0.1) is 5.82 Å². The first-order chi connectivity index (χ1) is 14.1. The lowest BCUT2D eigenvalue weighted by atomic mass is 10.1. The summed E-state index contributed by atoms with van der Waals surface area (Å²) in [5, 5.41) is 5.72. The minimum atomic E-state index is -0.403. The van der Waals surface area contributed by atoms with Gasteiger partial charge < -0.3 is 9.73 Å². The van der Waals surface area contributed by atoms with Crippen LogP contribution in [-0.4, -0.2) is 21.0 Å². The second-order valence-electron chi connectivity index (χ2n) is 6.18. The van der Waals surface area contributed by atoms with E-state index in [4.69, 9.17) is 16.6 Å². The van der Waals surface area contributed by atoms with E-state index in [0.717, 1.165) is 11.1 Å². The third kappa shape index (κ3) is 4.44. The van der Waals surface area contributed by atoms with Crippen LogP contribution < -0.4 is 10.6 Å². The molecule has 0 aliphatic carbocycles. The first-order valence-corrected chi connectivity index (χ1v) is 9.15. The van der Waals surface area contributed by atoms with Gasteiger partial charge in [0, 0.05) is 23.9 Å². The number of benzene rings is 2. The molecular formula is C21H15FN4O2S. The molecule has 2 heterocycles. The topological polar surface area (TPSA) is 80.0 Å². The summed E-state index contributed by atoms with van der Waals surface area (Å²) in [5.74, 6) is -0.303. The number of carbonyl (C=O) groups is 1. The molecule has 2 aromatic heterocycles. The van der Waals surface area contributed by atoms with Crippen molar-refractivity contribution in [2.24, 2.45) is 0 Å². The van der Waals surface area contributed by atoms with Crippen molar-refractivity contribution in [1.82, 2.24) is 20.6 Å². The quantitative estimate of drug-likeness (QED) is 0.502. The number of carbonyl (C=O) groups excluding carboxylic acids is 1. The van der Waals surface area contributed by atoms with Gasteiger partial charge in [0.1, 0.15) is 5.82 Å². The highest BCUT2D eigenvalue weighted by Gasteiger charge is 2.10. The van der Waals surface area contributed by atoms with E-state index >= 15 is 0 Å². The largest absolute Gasteiger partial charge is 0.434 e. The van der Waals surface area contributed by atoms with E-state index in [2.05, 4.69) is 20.6 Å². The van der Waals surface area contributed by atoms with Crippen LogP contribution in [0.4, 0.5) is 4.39 Å². The Morgan fingerprint density at radius 1 is 1.07 bits per heavy atom. The smallest absolute Gasteiger partial charge is 0.257 e. The number of oxazole rings is 1. The van der Waals surface area contributed by atoms with Crippen LogP contribution in [0.5, 0.6) is 0 Å². The van der Waals surface area contributed by atoms with Crippen molar-refractivity contribution in [3.63, 3.8) is 0 Å². The third-order valence-electron chi connectivity index (χ3n) is 4.15. The predicted molar refractivity (Wildman–Crippen MR) is 111 cm³/mol. The highest BCUT2D eigenvalue weighted by molar-refractivity contribution is 7.80. The standard InChI is InChI=1S/C21H15FN4O2S/c22-16-9-7-14(8-10-16)19(27)26-21(29)24-12-13-3-5-15(6-4-13)20-25-18-17(28-20)2-1-11-23-18/h1-11H,12H2,(H2,24,26,27,29). The van der Waals surface area contributed by atoms with Gasteiger partial charge in [0.15, 0.2) is 16.3 Å². The fourth-order valence-corrected chi connectivity index (χ4v) is 2.83. The molecule has 8 heteroatoms.